The van der Waals surface area contributed by atoms with Crippen LogP contribution in [-0.2, 0) is 62.0 Å². The molecule has 13 heteroatoms. The van der Waals surface area contributed by atoms with Gasteiger partial charge in [0.25, 0.3) is 0 Å². The lowest BCUT2D eigenvalue weighted by atomic mass is 9.72. The summed E-state index contributed by atoms with van der Waals surface area (Å²) in [5, 5.41) is 0. The molecule has 2 rings (SSSR count). The van der Waals surface area contributed by atoms with E-state index in [-0.39, 0.29) is 12.0 Å². The van der Waals surface area contributed by atoms with Gasteiger partial charge in [-0.15, -0.1) is 0 Å². The van der Waals surface area contributed by atoms with Crippen molar-refractivity contribution in [2.45, 2.75) is 118 Å². The summed E-state index contributed by atoms with van der Waals surface area (Å²) in [6.07, 6.45) is -2.86. The minimum absolute atomic E-state index is 0.0934. The van der Waals surface area contributed by atoms with Crippen LogP contribution in [0.2, 0.25) is 0 Å². The molecule has 0 spiro atoms. The van der Waals surface area contributed by atoms with Crippen molar-refractivity contribution in [3.8, 4) is 0 Å². The molecule has 0 saturated heterocycles. The summed E-state index contributed by atoms with van der Waals surface area (Å²) in [5.41, 5.74) is -5.05. The summed E-state index contributed by atoms with van der Waals surface area (Å²) in [6.45, 7) is 17.2. The van der Waals surface area contributed by atoms with E-state index >= 15 is 0 Å². The second-order valence-corrected chi connectivity index (χ2v) is 12.5. The molecule has 0 aromatic carbocycles. The van der Waals surface area contributed by atoms with Gasteiger partial charge in [-0.1, -0.05) is 39.5 Å². The molecule has 0 aromatic rings. The maximum Gasteiger partial charge on any atom is 0.303 e. The highest BCUT2D eigenvalue weighted by Crippen LogP contribution is 2.54. The Morgan fingerprint density at radius 3 is 1.73 bits per heavy atom. The highest BCUT2D eigenvalue weighted by Gasteiger charge is 2.71. The van der Waals surface area contributed by atoms with E-state index in [1.807, 2.05) is 0 Å². The zero-order chi connectivity index (χ0) is 34.7. The van der Waals surface area contributed by atoms with Crippen molar-refractivity contribution in [1.82, 2.24) is 0 Å². The number of hydrogen-bond acceptors (Lipinski definition) is 13. The number of allylic oxidation sites excluding steroid dienone is 1. The Bertz CT molecular complexity index is 1280. The van der Waals surface area contributed by atoms with Gasteiger partial charge in [0.15, 0.2) is 23.1 Å². The van der Waals surface area contributed by atoms with E-state index in [0.29, 0.717) is 0 Å². The fourth-order valence-electron chi connectivity index (χ4n) is 6.32. The number of fused-ring (bicyclic) bond motifs is 1. The van der Waals surface area contributed by atoms with Crippen LogP contribution in [0.3, 0.4) is 0 Å². The summed E-state index contributed by atoms with van der Waals surface area (Å²) >= 11 is 0. The molecule has 2 aliphatic carbocycles. The number of carbonyl (C=O) groups excluding carboxylic acids is 7. The number of esters is 6. The van der Waals surface area contributed by atoms with Crippen molar-refractivity contribution in [3.63, 3.8) is 0 Å². The summed E-state index contributed by atoms with van der Waals surface area (Å²) < 4.78 is 34.3. The van der Waals surface area contributed by atoms with Crippen LogP contribution in [0.15, 0.2) is 24.3 Å². The molecule has 2 aliphatic rings. The van der Waals surface area contributed by atoms with E-state index in [1.54, 1.807) is 32.9 Å². The van der Waals surface area contributed by atoms with Crippen LogP contribution in [-0.4, -0.2) is 77.2 Å². The van der Waals surface area contributed by atoms with Crippen molar-refractivity contribution in [2.75, 3.05) is 0 Å². The molecule has 0 amide bonds. The van der Waals surface area contributed by atoms with Crippen LogP contribution in [0.4, 0.5) is 0 Å². The van der Waals surface area contributed by atoms with Gasteiger partial charge in [0.05, 0.1) is 5.92 Å². The standard InChI is InChI=1S/C32H44O13/c1-16-12-13-30(9,10)25(41-19(4)34)14-24(40-18(3)33)17(2)27(42-20(5)35)26-29(43-21(6)36)31(11,44-22(7)37)15-32(26,28(16)39)45-23(8)38/h12-13,16,24-27,29H,2,14-15H2,1,3-11H3. The van der Waals surface area contributed by atoms with Gasteiger partial charge >= 0.3 is 35.8 Å². The molecular formula is C32H44O13. The van der Waals surface area contributed by atoms with E-state index in [2.05, 4.69) is 6.58 Å². The molecule has 45 heavy (non-hydrogen) atoms. The minimum atomic E-state index is -2.22. The molecule has 250 valence electrons. The lowest BCUT2D eigenvalue weighted by molar-refractivity contribution is -0.190. The molecule has 0 aliphatic heterocycles. The second-order valence-electron chi connectivity index (χ2n) is 12.5. The SMILES string of the molecule is C=C1C(OC(C)=O)CC(OC(C)=O)C(C)(C)C=CC(C)C(=O)C2(OC(C)=O)CC(C)(OC(C)=O)C(OC(C)=O)C2C1OC(C)=O. The second kappa shape index (κ2) is 13.9. The Hall–Kier alpha value is -4.03. The monoisotopic (exact) mass is 636 g/mol. The van der Waals surface area contributed by atoms with Gasteiger partial charge in [0, 0.05) is 71.3 Å². The van der Waals surface area contributed by atoms with Gasteiger partial charge in [-0.25, -0.2) is 0 Å². The van der Waals surface area contributed by atoms with Crippen LogP contribution in [0.5, 0.6) is 0 Å². The number of Topliss-reactive ketones (excluding diaryl/α,β-unsaturated/α-hetero) is 1. The first kappa shape index (κ1) is 37.2. The zero-order valence-corrected chi connectivity index (χ0v) is 27.5. The van der Waals surface area contributed by atoms with Crippen molar-refractivity contribution in [3.05, 3.63) is 24.3 Å². The molecule has 0 heterocycles. The number of ether oxygens (including phenoxy) is 6. The van der Waals surface area contributed by atoms with Crippen LogP contribution in [0, 0.1) is 17.3 Å². The van der Waals surface area contributed by atoms with E-state index in [1.165, 1.54) is 13.8 Å². The molecule has 0 N–H and O–H groups in total. The molecule has 8 atom stereocenters. The fourth-order valence-corrected chi connectivity index (χ4v) is 6.32. The molecule has 8 unspecified atom stereocenters. The van der Waals surface area contributed by atoms with Crippen molar-refractivity contribution >= 4 is 41.6 Å². The van der Waals surface area contributed by atoms with Crippen LogP contribution >= 0.6 is 0 Å². The Morgan fingerprint density at radius 1 is 0.756 bits per heavy atom. The van der Waals surface area contributed by atoms with E-state index in [4.69, 9.17) is 28.4 Å². The first-order chi connectivity index (χ1) is 20.6. The first-order valence-electron chi connectivity index (χ1n) is 14.6. The lowest BCUT2D eigenvalue weighted by Gasteiger charge is -2.42. The maximum absolute atomic E-state index is 14.6. The van der Waals surface area contributed by atoms with E-state index in [9.17, 15) is 33.6 Å². The van der Waals surface area contributed by atoms with Crippen molar-refractivity contribution < 1.29 is 62.0 Å². The highest BCUT2D eigenvalue weighted by molar-refractivity contribution is 5.94. The average molecular weight is 637 g/mol. The minimum Gasteiger partial charge on any atom is -0.461 e. The smallest absolute Gasteiger partial charge is 0.303 e. The fraction of sp³-hybridized carbons (Fsp3) is 0.656. The molecule has 0 aromatic heterocycles. The van der Waals surface area contributed by atoms with E-state index < -0.39 is 101 Å². The third-order valence-corrected chi connectivity index (χ3v) is 7.99. The van der Waals surface area contributed by atoms with Gasteiger partial charge in [-0.05, 0) is 6.92 Å². The molecule has 1 saturated carbocycles. The topological polar surface area (TPSA) is 175 Å². The number of rotatable bonds is 6. The Labute approximate surface area is 262 Å². The Balaban J connectivity index is 3.11. The molecule has 0 radical (unpaired) electrons. The normalized spacial score (nSPS) is 32.9. The highest BCUT2D eigenvalue weighted by atomic mass is 16.6. The summed E-state index contributed by atoms with van der Waals surface area (Å²) in [6, 6.07) is 0. The lowest BCUT2D eigenvalue weighted by Crippen LogP contribution is -2.57. The molecule has 13 nitrogen and oxygen atoms in total. The molecular weight excluding hydrogens is 592 g/mol. The van der Waals surface area contributed by atoms with Crippen LogP contribution < -0.4 is 0 Å². The predicted molar refractivity (Wildman–Crippen MR) is 156 cm³/mol. The van der Waals surface area contributed by atoms with Crippen molar-refractivity contribution in [1.29, 1.82) is 0 Å². The summed E-state index contributed by atoms with van der Waals surface area (Å²) in [7, 11) is 0. The number of ketones is 1. The number of carbonyl (C=O) groups is 7. The van der Waals surface area contributed by atoms with Crippen molar-refractivity contribution in [2.24, 2.45) is 17.3 Å². The summed E-state index contributed by atoms with van der Waals surface area (Å²) in [4.78, 5) is 89.5. The van der Waals surface area contributed by atoms with Crippen LogP contribution in [0.1, 0.15) is 82.1 Å². The Kier molecular flexibility index (Phi) is 11.5. The van der Waals surface area contributed by atoms with E-state index in [0.717, 1.165) is 34.6 Å². The molecule has 1 fully saturated rings. The van der Waals surface area contributed by atoms with Crippen LogP contribution in [0.25, 0.3) is 0 Å². The largest absolute Gasteiger partial charge is 0.461 e. The maximum atomic E-state index is 14.6. The third-order valence-electron chi connectivity index (χ3n) is 7.99. The summed E-state index contributed by atoms with van der Waals surface area (Å²) in [5.74, 6) is -8.02. The third kappa shape index (κ3) is 8.58. The average Bonchev–Trinajstić information content (AvgIpc) is 3.08. The number of hydrogen-bond donors (Lipinski definition) is 0. The van der Waals surface area contributed by atoms with Gasteiger partial charge in [-0.2, -0.15) is 0 Å². The quantitative estimate of drug-likeness (QED) is 0.236. The molecule has 0 bridgehead atoms. The van der Waals surface area contributed by atoms with Gasteiger partial charge < -0.3 is 28.4 Å². The van der Waals surface area contributed by atoms with Gasteiger partial charge in [0.2, 0.25) is 0 Å². The van der Waals surface area contributed by atoms with Gasteiger partial charge in [-0.3, -0.25) is 33.6 Å². The predicted octanol–water partition coefficient (Wildman–Crippen LogP) is 3.10. The zero-order valence-electron chi connectivity index (χ0n) is 27.5. The first-order valence-corrected chi connectivity index (χ1v) is 14.6. The Morgan fingerprint density at radius 2 is 1.27 bits per heavy atom. The van der Waals surface area contributed by atoms with Gasteiger partial charge in [0.1, 0.15) is 18.3 Å².